The number of fused-ring (bicyclic) bond motifs is 1. The summed E-state index contributed by atoms with van der Waals surface area (Å²) in [4.78, 5) is 27.3. The van der Waals surface area contributed by atoms with Gasteiger partial charge < -0.3 is 19.7 Å². The van der Waals surface area contributed by atoms with E-state index in [1.54, 1.807) is 18.2 Å². The van der Waals surface area contributed by atoms with Crippen LogP contribution in [0, 0.1) is 0 Å². The fraction of sp³-hybridized carbons (Fsp3) is 0.417. The Morgan fingerprint density at radius 2 is 1.83 bits per heavy atom. The first kappa shape index (κ1) is 20.3. The molecule has 2 aromatic carbocycles. The summed E-state index contributed by atoms with van der Waals surface area (Å²) in [6.45, 7) is 5.42. The molecule has 0 radical (unpaired) electrons. The molecule has 1 fully saturated rings. The number of carbonyl (C=O) groups excluding carboxylic acids is 2. The van der Waals surface area contributed by atoms with Gasteiger partial charge in [0.15, 0.2) is 18.1 Å². The molecule has 158 valence electrons. The summed E-state index contributed by atoms with van der Waals surface area (Å²) in [5.74, 6) is 0.911. The standard InChI is InChI=1S/C24H28N2O4/c1-24(2)15-17-9-8-12-20(22(17)30-24)29-16-21(27)25-19-11-5-4-10-18(19)23(28)26-13-6-3-7-14-26/h4-5,8-12H,3,6-7,13-16H2,1-2H3,(H,25,27). The van der Waals surface area contributed by atoms with E-state index in [2.05, 4.69) is 5.32 Å². The second-order valence-corrected chi connectivity index (χ2v) is 8.52. The van der Waals surface area contributed by atoms with Crippen LogP contribution < -0.4 is 14.8 Å². The summed E-state index contributed by atoms with van der Waals surface area (Å²) in [7, 11) is 0. The van der Waals surface area contributed by atoms with Crippen molar-refractivity contribution in [2.24, 2.45) is 0 Å². The van der Waals surface area contributed by atoms with Crippen LogP contribution in [0.15, 0.2) is 42.5 Å². The summed E-state index contributed by atoms with van der Waals surface area (Å²) >= 11 is 0. The number of ether oxygens (including phenoxy) is 2. The molecular formula is C24H28N2O4. The number of nitrogens with zero attached hydrogens (tertiary/aromatic N) is 1. The van der Waals surface area contributed by atoms with Gasteiger partial charge in [-0.3, -0.25) is 9.59 Å². The highest BCUT2D eigenvalue weighted by Crippen LogP contribution is 2.41. The van der Waals surface area contributed by atoms with Crippen molar-refractivity contribution in [1.29, 1.82) is 0 Å². The van der Waals surface area contributed by atoms with Crippen LogP contribution in [0.2, 0.25) is 0 Å². The summed E-state index contributed by atoms with van der Waals surface area (Å²) < 4.78 is 11.7. The Labute approximate surface area is 177 Å². The largest absolute Gasteiger partial charge is 0.483 e. The minimum absolute atomic E-state index is 0.0389. The number of nitrogens with one attached hydrogen (secondary N) is 1. The zero-order valence-electron chi connectivity index (χ0n) is 17.6. The van der Waals surface area contributed by atoms with E-state index < -0.39 is 0 Å². The number of piperidine rings is 1. The second-order valence-electron chi connectivity index (χ2n) is 8.52. The van der Waals surface area contributed by atoms with Crippen LogP contribution in [0.4, 0.5) is 5.69 Å². The zero-order valence-corrected chi connectivity index (χ0v) is 17.6. The van der Waals surface area contributed by atoms with Gasteiger partial charge in [0.2, 0.25) is 0 Å². The van der Waals surface area contributed by atoms with Crippen molar-refractivity contribution in [3.8, 4) is 11.5 Å². The molecule has 6 nitrogen and oxygen atoms in total. The average molecular weight is 408 g/mol. The predicted octanol–water partition coefficient (Wildman–Crippen LogP) is 4.04. The molecule has 0 spiro atoms. The molecule has 2 amide bonds. The smallest absolute Gasteiger partial charge is 0.262 e. The Morgan fingerprint density at radius 3 is 2.63 bits per heavy atom. The molecule has 2 aliphatic heterocycles. The molecule has 1 N–H and O–H groups in total. The van der Waals surface area contributed by atoms with Gasteiger partial charge in [0, 0.05) is 25.1 Å². The Bertz CT molecular complexity index is 948. The fourth-order valence-corrected chi connectivity index (χ4v) is 4.08. The third-order valence-corrected chi connectivity index (χ3v) is 5.49. The zero-order chi connectivity index (χ0) is 21.1. The van der Waals surface area contributed by atoms with E-state index in [0.29, 0.717) is 22.7 Å². The van der Waals surface area contributed by atoms with Crippen molar-refractivity contribution in [2.45, 2.75) is 45.1 Å². The fourth-order valence-electron chi connectivity index (χ4n) is 4.08. The van der Waals surface area contributed by atoms with Gasteiger partial charge in [-0.1, -0.05) is 24.3 Å². The summed E-state index contributed by atoms with van der Waals surface area (Å²) in [5.41, 5.74) is 1.82. The molecule has 0 aliphatic carbocycles. The number of likely N-dealkylation sites (tertiary alicyclic amines) is 1. The Morgan fingerprint density at radius 1 is 1.07 bits per heavy atom. The Balaban J connectivity index is 1.41. The van der Waals surface area contributed by atoms with Crippen molar-refractivity contribution in [3.63, 3.8) is 0 Å². The Kier molecular flexibility index (Phi) is 5.66. The monoisotopic (exact) mass is 408 g/mol. The first-order chi connectivity index (χ1) is 14.4. The maximum Gasteiger partial charge on any atom is 0.262 e. The van der Waals surface area contributed by atoms with Gasteiger partial charge in [-0.05, 0) is 51.3 Å². The summed E-state index contributed by atoms with van der Waals surface area (Å²) in [6, 6.07) is 12.9. The number of rotatable bonds is 5. The number of hydrogen-bond acceptors (Lipinski definition) is 4. The number of hydrogen-bond donors (Lipinski definition) is 1. The van der Waals surface area contributed by atoms with Gasteiger partial charge in [-0.2, -0.15) is 0 Å². The molecule has 2 aromatic rings. The molecule has 0 unspecified atom stereocenters. The molecule has 4 rings (SSSR count). The number of para-hydroxylation sites is 2. The van der Waals surface area contributed by atoms with Crippen LogP contribution in [0.5, 0.6) is 11.5 Å². The van der Waals surface area contributed by atoms with Crippen molar-refractivity contribution in [1.82, 2.24) is 4.90 Å². The lowest BCUT2D eigenvalue weighted by Crippen LogP contribution is -2.36. The van der Waals surface area contributed by atoms with Gasteiger partial charge in [0.25, 0.3) is 11.8 Å². The maximum atomic E-state index is 12.9. The lowest BCUT2D eigenvalue weighted by Gasteiger charge is -2.27. The Hall–Kier alpha value is -3.02. The van der Waals surface area contributed by atoms with E-state index >= 15 is 0 Å². The quantitative estimate of drug-likeness (QED) is 0.811. The van der Waals surface area contributed by atoms with Crippen molar-refractivity contribution >= 4 is 17.5 Å². The summed E-state index contributed by atoms with van der Waals surface area (Å²) in [6.07, 6.45) is 4.00. The lowest BCUT2D eigenvalue weighted by atomic mass is 10.0. The van der Waals surface area contributed by atoms with Gasteiger partial charge in [-0.25, -0.2) is 0 Å². The van der Waals surface area contributed by atoms with E-state index in [1.807, 2.05) is 43.0 Å². The minimum atomic E-state index is -0.316. The van der Waals surface area contributed by atoms with E-state index in [9.17, 15) is 9.59 Å². The number of benzene rings is 2. The molecule has 0 bridgehead atoms. The van der Waals surface area contributed by atoms with Crippen molar-refractivity contribution in [2.75, 3.05) is 25.0 Å². The highest BCUT2D eigenvalue weighted by Gasteiger charge is 2.32. The molecule has 30 heavy (non-hydrogen) atoms. The summed E-state index contributed by atoms with van der Waals surface area (Å²) in [5, 5.41) is 2.83. The number of amides is 2. The van der Waals surface area contributed by atoms with Crippen molar-refractivity contribution in [3.05, 3.63) is 53.6 Å². The molecule has 6 heteroatoms. The first-order valence-corrected chi connectivity index (χ1v) is 10.5. The maximum absolute atomic E-state index is 12.9. The predicted molar refractivity (Wildman–Crippen MR) is 115 cm³/mol. The van der Waals surface area contributed by atoms with Crippen LogP contribution in [-0.4, -0.2) is 42.0 Å². The molecule has 2 aliphatic rings. The van der Waals surface area contributed by atoms with Crippen LogP contribution in [0.3, 0.4) is 0 Å². The molecule has 0 saturated carbocycles. The van der Waals surface area contributed by atoms with E-state index in [-0.39, 0.29) is 24.0 Å². The van der Waals surface area contributed by atoms with Gasteiger partial charge in [0.05, 0.1) is 11.3 Å². The SMILES string of the molecule is CC1(C)Cc2cccc(OCC(=O)Nc3ccccc3C(=O)N3CCCCC3)c2O1. The molecular weight excluding hydrogens is 380 g/mol. The van der Waals surface area contributed by atoms with Crippen molar-refractivity contribution < 1.29 is 19.1 Å². The third kappa shape index (κ3) is 4.42. The highest BCUT2D eigenvalue weighted by atomic mass is 16.5. The highest BCUT2D eigenvalue weighted by molar-refractivity contribution is 6.04. The molecule has 0 atom stereocenters. The average Bonchev–Trinajstić information content (AvgIpc) is 3.07. The number of anilines is 1. The number of carbonyl (C=O) groups is 2. The van der Waals surface area contributed by atoms with E-state index in [4.69, 9.17) is 9.47 Å². The van der Waals surface area contributed by atoms with Crippen LogP contribution >= 0.6 is 0 Å². The molecule has 2 heterocycles. The van der Waals surface area contributed by atoms with Gasteiger partial charge in [-0.15, -0.1) is 0 Å². The third-order valence-electron chi connectivity index (χ3n) is 5.49. The second kappa shape index (κ2) is 8.38. The molecule has 0 aromatic heterocycles. The van der Waals surface area contributed by atoms with Gasteiger partial charge in [0.1, 0.15) is 5.60 Å². The lowest BCUT2D eigenvalue weighted by molar-refractivity contribution is -0.118. The van der Waals surface area contributed by atoms with Crippen LogP contribution in [-0.2, 0) is 11.2 Å². The van der Waals surface area contributed by atoms with E-state index in [1.165, 1.54) is 0 Å². The normalized spacial score (nSPS) is 17.1. The topological polar surface area (TPSA) is 67.9 Å². The molecule has 1 saturated heterocycles. The minimum Gasteiger partial charge on any atom is -0.483 e. The van der Waals surface area contributed by atoms with Gasteiger partial charge >= 0.3 is 0 Å². The van der Waals surface area contributed by atoms with E-state index in [0.717, 1.165) is 44.3 Å². The van der Waals surface area contributed by atoms with Crippen LogP contribution in [0.1, 0.15) is 49.0 Å². The first-order valence-electron chi connectivity index (χ1n) is 10.5. The van der Waals surface area contributed by atoms with Crippen LogP contribution in [0.25, 0.3) is 0 Å².